The van der Waals surface area contributed by atoms with Crippen LogP contribution in [0.25, 0.3) is 0 Å². The zero-order valence-electron chi connectivity index (χ0n) is 15.0. The van der Waals surface area contributed by atoms with E-state index in [2.05, 4.69) is 5.32 Å². The number of esters is 1. The third-order valence-corrected chi connectivity index (χ3v) is 3.20. The van der Waals surface area contributed by atoms with E-state index in [1.54, 1.807) is 20.8 Å². The van der Waals surface area contributed by atoms with E-state index in [9.17, 15) is 9.59 Å². The van der Waals surface area contributed by atoms with Crippen LogP contribution >= 0.6 is 0 Å². The number of hydrogen-bond donors (Lipinski definition) is 1. The molecule has 0 unspecified atom stereocenters. The van der Waals surface area contributed by atoms with Crippen molar-refractivity contribution in [2.75, 3.05) is 19.8 Å². The first-order chi connectivity index (χ1) is 12.1. The minimum Gasteiger partial charge on any atom is -0.466 e. The van der Waals surface area contributed by atoms with Gasteiger partial charge in [-0.1, -0.05) is 30.3 Å². The second kappa shape index (κ2) is 12.3. The summed E-state index contributed by atoms with van der Waals surface area (Å²) in [6.45, 7) is 6.49. The van der Waals surface area contributed by atoms with Gasteiger partial charge in [-0.2, -0.15) is 0 Å². The van der Waals surface area contributed by atoms with Crippen LogP contribution in [0.5, 0.6) is 0 Å². The van der Waals surface area contributed by atoms with Crippen LogP contribution in [0.2, 0.25) is 0 Å². The Morgan fingerprint density at radius 1 is 0.960 bits per heavy atom. The van der Waals surface area contributed by atoms with Crippen LogP contribution in [0.15, 0.2) is 30.3 Å². The van der Waals surface area contributed by atoms with Gasteiger partial charge < -0.3 is 24.3 Å². The predicted octanol–water partition coefficient (Wildman–Crippen LogP) is 2.63. The van der Waals surface area contributed by atoms with Gasteiger partial charge in [0.25, 0.3) is 0 Å². The summed E-state index contributed by atoms with van der Waals surface area (Å²) in [5.74, 6) is -0.444. The summed E-state index contributed by atoms with van der Waals surface area (Å²) in [6.07, 6.45) is -1.48. The summed E-state index contributed by atoms with van der Waals surface area (Å²) >= 11 is 0. The molecular weight excluding hydrogens is 326 g/mol. The van der Waals surface area contributed by atoms with Crippen LogP contribution in [-0.2, 0) is 30.3 Å². The van der Waals surface area contributed by atoms with Gasteiger partial charge in [0.1, 0.15) is 6.61 Å². The zero-order chi connectivity index (χ0) is 18.5. The molecule has 25 heavy (non-hydrogen) atoms. The maximum atomic E-state index is 12.1. The number of hydrogen-bond acceptors (Lipinski definition) is 6. The molecule has 1 N–H and O–H groups in total. The molecular formula is C18H27NO6. The second-order valence-corrected chi connectivity index (χ2v) is 5.10. The van der Waals surface area contributed by atoms with Crippen molar-refractivity contribution in [3.05, 3.63) is 35.9 Å². The van der Waals surface area contributed by atoms with Crippen LogP contribution in [-0.4, -0.2) is 44.2 Å². The number of amides is 1. The average molecular weight is 353 g/mol. The Bertz CT molecular complexity index is 502. The first-order valence-corrected chi connectivity index (χ1v) is 8.46. The summed E-state index contributed by atoms with van der Waals surface area (Å²) in [7, 11) is 0. The van der Waals surface area contributed by atoms with Crippen LogP contribution in [0.3, 0.4) is 0 Å². The maximum absolute atomic E-state index is 12.1. The zero-order valence-corrected chi connectivity index (χ0v) is 15.0. The lowest BCUT2D eigenvalue weighted by Gasteiger charge is -2.26. The van der Waals surface area contributed by atoms with Gasteiger partial charge >= 0.3 is 12.1 Å². The molecule has 0 radical (unpaired) electrons. The van der Waals surface area contributed by atoms with Gasteiger partial charge in [-0.3, -0.25) is 4.79 Å². The highest BCUT2D eigenvalue weighted by molar-refractivity contribution is 5.72. The fraction of sp³-hybridized carbons (Fsp3) is 0.556. The van der Waals surface area contributed by atoms with Crippen molar-refractivity contribution in [3.8, 4) is 0 Å². The highest BCUT2D eigenvalue weighted by Gasteiger charge is 2.28. The van der Waals surface area contributed by atoms with E-state index >= 15 is 0 Å². The lowest BCUT2D eigenvalue weighted by Crippen LogP contribution is -2.47. The second-order valence-electron chi connectivity index (χ2n) is 5.10. The molecule has 0 saturated carbocycles. The first kappa shape index (κ1) is 20.9. The number of carbonyl (C=O) groups excluding carboxylic acids is 2. The standard InChI is InChI=1S/C18H27NO6/c1-4-22-16(20)12-15(17(23-5-2)24-6-3)19-18(21)25-13-14-10-8-7-9-11-14/h7-11,15,17H,4-6,12-13H2,1-3H3,(H,19,21)/t15-/m0/s1. The third-order valence-electron chi connectivity index (χ3n) is 3.20. The van der Waals surface area contributed by atoms with Crippen molar-refractivity contribution in [1.82, 2.24) is 5.32 Å². The Balaban J connectivity index is 2.65. The lowest BCUT2D eigenvalue weighted by molar-refractivity contribution is -0.164. The molecule has 1 aromatic rings. The number of ether oxygens (including phenoxy) is 4. The highest BCUT2D eigenvalue weighted by atomic mass is 16.7. The molecule has 0 aromatic heterocycles. The summed E-state index contributed by atoms with van der Waals surface area (Å²) < 4.78 is 21.1. The smallest absolute Gasteiger partial charge is 0.407 e. The number of benzene rings is 1. The Labute approximate surface area is 148 Å². The van der Waals surface area contributed by atoms with Crippen LogP contribution < -0.4 is 5.32 Å². The van der Waals surface area contributed by atoms with Crippen LogP contribution in [0.4, 0.5) is 4.79 Å². The van der Waals surface area contributed by atoms with Crippen molar-refractivity contribution in [2.45, 2.75) is 46.1 Å². The fourth-order valence-corrected chi connectivity index (χ4v) is 2.14. The largest absolute Gasteiger partial charge is 0.466 e. The summed E-state index contributed by atoms with van der Waals surface area (Å²) in [5.41, 5.74) is 0.866. The normalized spacial score (nSPS) is 11.8. The monoisotopic (exact) mass is 353 g/mol. The minimum atomic E-state index is -0.760. The van der Waals surface area contributed by atoms with E-state index in [0.29, 0.717) is 13.2 Å². The van der Waals surface area contributed by atoms with Gasteiger partial charge in [-0.25, -0.2) is 4.79 Å². The Hall–Kier alpha value is -2.12. The molecule has 0 aliphatic carbocycles. The lowest BCUT2D eigenvalue weighted by atomic mass is 10.2. The van der Waals surface area contributed by atoms with Gasteiger partial charge in [0.15, 0.2) is 6.29 Å². The molecule has 0 aliphatic heterocycles. The molecule has 0 aliphatic rings. The molecule has 0 saturated heterocycles. The molecule has 0 spiro atoms. The maximum Gasteiger partial charge on any atom is 0.407 e. The van der Waals surface area contributed by atoms with E-state index in [1.165, 1.54) is 0 Å². The fourth-order valence-electron chi connectivity index (χ4n) is 2.14. The van der Waals surface area contributed by atoms with Gasteiger partial charge in [-0.05, 0) is 26.3 Å². The Kier molecular flexibility index (Phi) is 10.3. The molecule has 1 amide bonds. The number of carbonyl (C=O) groups is 2. The van der Waals surface area contributed by atoms with Gasteiger partial charge in [0.2, 0.25) is 0 Å². The number of nitrogens with one attached hydrogen (secondary N) is 1. The molecule has 0 bridgehead atoms. The molecule has 0 fully saturated rings. The van der Waals surface area contributed by atoms with E-state index in [-0.39, 0.29) is 19.6 Å². The topological polar surface area (TPSA) is 83.1 Å². The van der Waals surface area contributed by atoms with Crippen molar-refractivity contribution in [1.29, 1.82) is 0 Å². The van der Waals surface area contributed by atoms with Crippen LogP contribution in [0, 0.1) is 0 Å². The van der Waals surface area contributed by atoms with Crippen molar-refractivity contribution < 1.29 is 28.5 Å². The molecule has 0 heterocycles. The first-order valence-electron chi connectivity index (χ1n) is 8.46. The Morgan fingerprint density at radius 2 is 1.60 bits per heavy atom. The average Bonchev–Trinajstić information content (AvgIpc) is 2.60. The number of rotatable bonds is 11. The van der Waals surface area contributed by atoms with E-state index in [4.69, 9.17) is 18.9 Å². The van der Waals surface area contributed by atoms with Crippen molar-refractivity contribution in [3.63, 3.8) is 0 Å². The summed E-state index contributed by atoms with van der Waals surface area (Å²) in [6, 6.07) is 8.61. The van der Waals surface area contributed by atoms with E-state index < -0.39 is 24.4 Å². The molecule has 7 nitrogen and oxygen atoms in total. The Morgan fingerprint density at radius 3 is 2.16 bits per heavy atom. The van der Waals surface area contributed by atoms with Gasteiger partial charge in [0, 0.05) is 13.2 Å². The highest BCUT2D eigenvalue weighted by Crippen LogP contribution is 2.09. The van der Waals surface area contributed by atoms with Crippen molar-refractivity contribution >= 4 is 12.1 Å². The SMILES string of the molecule is CCOC(=O)C[C@H](NC(=O)OCc1ccccc1)C(OCC)OCC. The molecule has 1 atom stereocenters. The molecule has 1 rings (SSSR count). The predicted molar refractivity (Wildman–Crippen MR) is 91.8 cm³/mol. The van der Waals surface area contributed by atoms with Gasteiger partial charge in [0.05, 0.1) is 19.1 Å². The van der Waals surface area contributed by atoms with Crippen LogP contribution in [0.1, 0.15) is 32.8 Å². The third kappa shape index (κ3) is 8.51. The molecule has 1 aromatic carbocycles. The summed E-state index contributed by atoms with van der Waals surface area (Å²) in [4.78, 5) is 23.9. The minimum absolute atomic E-state index is 0.0705. The van der Waals surface area contributed by atoms with E-state index in [0.717, 1.165) is 5.56 Å². The van der Waals surface area contributed by atoms with E-state index in [1.807, 2.05) is 30.3 Å². The quantitative estimate of drug-likeness (QED) is 0.486. The van der Waals surface area contributed by atoms with Gasteiger partial charge in [-0.15, -0.1) is 0 Å². The molecule has 7 heteroatoms. The molecule has 140 valence electrons. The van der Waals surface area contributed by atoms with Crippen molar-refractivity contribution in [2.24, 2.45) is 0 Å². The number of alkyl carbamates (subject to hydrolysis) is 1. The summed E-state index contributed by atoms with van der Waals surface area (Å²) in [5, 5.41) is 2.63.